The molecule has 0 unspecified atom stereocenters. The number of hydrogen-bond donors (Lipinski definition) is 1. The molecule has 0 aliphatic rings. The minimum atomic E-state index is -1.25. The van der Waals surface area contributed by atoms with Gasteiger partial charge in [0.1, 0.15) is 5.69 Å². The summed E-state index contributed by atoms with van der Waals surface area (Å²) in [5.74, 6) is -1.25. The van der Waals surface area contributed by atoms with E-state index in [1.807, 2.05) is 0 Å². The van der Waals surface area contributed by atoms with Gasteiger partial charge in [0, 0.05) is 27.5 Å². The van der Waals surface area contributed by atoms with E-state index in [-0.39, 0.29) is 0 Å². The molecule has 0 radical (unpaired) electrons. The maximum absolute atomic E-state index is 5.89. The van der Waals surface area contributed by atoms with Crippen LogP contribution in [0.2, 0.25) is 5.02 Å². The molecule has 0 aliphatic carbocycles. The number of H-pyrrole nitrogens is 1. The first-order valence-electron chi connectivity index (χ1n) is 3.69. The standard InChI is InChI=1S/C8H12ClNO3/c1-11-8(12-2,13-3)7-6(9)4-5-10-7/h4-5,10H,1-3H3. The number of nitrogens with one attached hydrogen (secondary N) is 1. The van der Waals surface area contributed by atoms with Crippen molar-refractivity contribution in [3.8, 4) is 0 Å². The third-order valence-corrected chi connectivity index (χ3v) is 2.12. The number of hydrogen-bond acceptors (Lipinski definition) is 3. The van der Waals surface area contributed by atoms with Crippen molar-refractivity contribution in [3.05, 3.63) is 23.0 Å². The highest BCUT2D eigenvalue weighted by atomic mass is 35.5. The van der Waals surface area contributed by atoms with E-state index in [0.29, 0.717) is 10.7 Å². The van der Waals surface area contributed by atoms with Gasteiger partial charge in [-0.3, -0.25) is 0 Å². The van der Waals surface area contributed by atoms with E-state index >= 15 is 0 Å². The molecule has 1 rings (SSSR count). The molecular weight excluding hydrogens is 194 g/mol. The van der Waals surface area contributed by atoms with Crippen LogP contribution >= 0.6 is 11.6 Å². The number of methoxy groups -OCH3 is 3. The summed E-state index contributed by atoms with van der Waals surface area (Å²) in [6.45, 7) is 0. The second-order valence-corrected chi connectivity index (χ2v) is 2.78. The average molecular weight is 206 g/mol. The summed E-state index contributed by atoms with van der Waals surface area (Å²) in [5.41, 5.74) is 0.543. The fourth-order valence-electron chi connectivity index (χ4n) is 1.14. The summed E-state index contributed by atoms with van der Waals surface area (Å²) in [6, 6.07) is 1.70. The summed E-state index contributed by atoms with van der Waals surface area (Å²) < 4.78 is 15.3. The Kier molecular flexibility index (Phi) is 3.33. The third-order valence-electron chi connectivity index (χ3n) is 1.81. The Morgan fingerprint density at radius 1 is 1.23 bits per heavy atom. The first kappa shape index (κ1) is 10.5. The second-order valence-electron chi connectivity index (χ2n) is 2.37. The molecule has 0 saturated carbocycles. The van der Waals surface area contributed by atoms with Crippen molar-refractivity contribution in [1.29, 1.82) is 0 Å². The second kappa shape index (κ2) is 4.11. The molecule has 13 heavy (non-hydrogen) atoms. The van der Waals surface area contributed by atoms with E-state index in [1.165, 1.54) is 21.3 Å². The molecule has 1 N–H and O–H groups in total. The smallest absolute Gasteiger partial charge is 0.328 e. The summed E-state index contributed by atoms with van der Waals surface area (Å²) in [6.07, 6.45) is 1.68. The Morgan fingerprint density at radius 3 is 2.08 bits per heavy atom. The molecule has 0 atom stereocenters. The fourth-order valence-corrected chi connectivity index (χ4v) is 1.37. The lowest BCUT2D eigenvalue weighted by molar-refractivity contribution is -0.366. The van der Waals surface area contributed by atoms with Gasteiger partial charge in [-0.15, -0.1) is 0 Å². The first-order valence-corrected chi connectivity index (χ1v) is 4.06. The molecule has 0 aromatic carbocycles. The molecule has 1 heterocycles. The number of ether oxygens (including phenoxy) is 3. The summed E-state index contributed by atoms with van der Waals surface area (Å²) in [5, 5.41) is 0.505. The van der Waals surface area contributed by atoms with Gasteiger partial charge in [0.25, 0.3) is 0 Å². The molecule has 0 spiro atoms. The van der Waals surface area contributed by atoms with Crippen molar-refractivity contribution in [2.75, 3.05) is 21.3 Å². The molecular formula is C8H12ClNO3. The maximum Gasteiger partial charge on any atom is 0.328 e. The molecule has 0 bridgehead atoms. The summed E-state index contributed by atoms with van der Waals surface area (Å²) in [7, 11) is 4.43. The molecule has 0 saturated heterocycles. The quantitative estimate of drug-likeness (QED) is 0.762. The maximum atomic E-state index is 5.89. The zero-order chi connectivity index (χ0) is 9.90. The Bertz CT molecular complexity index is 262. The van der Waals surface area contributed by atoms with E-state index in [4.69, 9.17) is 25.8 Å². The lowest BCUT2D eigenvalue weighted by Crippen LogP contribution is -2.33. The highest BCUT2D eigenvalue weighted by molar-refractivity contribution is 6.31. The van der Waals surface area contributed by atoms with Gasteiger partial charge in [-0.2, -0.15) is 0 Å². The Balaban J connectivity index is 3.07. The van der Waals surface area contributed by atoms with Gasteiger partial charge in [0.2, 0.25) is 0 Å². The van der Waals surface area contributed by atoms with Crippen LogP contribution in [0, 0.1) is 0 Å². The number of aromatic amines is 1. The zero-order valence-corrected chi connectivity index (χ0v) is 8.51. The lowest BCUT2D eigenvalue weighted by Gasteiger charge is -2.27. The SMILES string of the molecule is COC(OC)(OC)c1[nH]ccc1Cl. The lowest BCUT2D eigenvalue weighted by atomic mass is 10.3. The van der Waals surface area contributed by atoms with Crippen LogP contribution in [0.5, 0.6) is 0 Å². The predicted octanol–water partition coefficient (Wildman–Crippen LogP) is 1.72. The van der Waals surface area contributed by atoms with Gasteiger partial charge >= 0.3 is 5.97 Å². The normalized spacial score (nSPS) is 12.0. The third kappa shape index (κ3) is 1.71. The Labute approximate surface area is 81.7 Å². The van der Waals surface area contributed by atoms with E-state index in [2.05, 4.69) is 4.98 Å². The van der Waals surface area contributed by atoms with Crippen LogP contribution < -0.4 is 0 Å². The first-order chi connectivity index (χ1) is 6.20. The van der Waals surface area contributed by atoms with E-state index < -0.39 is 5.97 Å². The van der Waals surface area contributed by atoms with Crippen LogP contribution in [0.25, 0.3) is 0 Å². The van der Waals surface area contributed by atoms with Crippen LogP contribution in [0.1, 0.15) is 5.69 Å². The van der Waals surface area contributed by atoms with E-state index in [1.54, 1.807) is 12.3 Å². The van der Waals surface area contributed by atoms with Gasteiger partial charge in [-0.05, 0) is 6.07 Å². The topological polar surface area (TPSA) is 43.5 Å². The Hall–Kier alpha value is -0.550. The van der Waals surface area contributed by atoms with Gasteiger partial charge in [0.15, 0.2) is 0 Å². The van der Waals surface area contributed by atoms with Crippen LogP contribution in [0.4, 0.5) is 0 Å². The van der Waals surface area contributed by atoms with Crippen molar-refractivity contribution in [2.45, 2.75) is 5.97 Å². The van der Waals surface area contributed by atoms with Crippen LogP contribution in [-0.4, -0.2) is 26.3 Å². The molecule has 5 heteroatoms. The zero-order valence-electron chi connectivity index (χ0n) is 7.76. The van der Waals surface area contributed by atoms with Crippen molar-refractivity contribution in [3.63, 3.8) is 0 Å². The van der Waals surface area contributed by atoms with E-state index in [9.17, 15) is 0 Å². The van der Waals surface area contributed by atoms with Gasteiger partial charge < -0.3 is 19.2 Å². The van der Waals surface area contributed by atoms with Crippen molar-refractivity contribution in [2.24, 2.45) is 0 Å². The fraction of sp³-hybridized carbons (Fsp3) is 0.500. The number of rotatable bonds is 4. The van der Waals surface area contributed by atoms with E-state index in [0.717, 1.165) is 0 Å². The van der Waals surface area contributed by atoms with Crippen molar-refractivity contribution in [1.82, 2.24) is 4.98 Å². The molecule has 0 amide bonds. The van der Waals surface area contributed by atoms with Crippen LogP contribution in [0.15, 0.2) is 12.3 Å². The molecule has 0 fully saturated rings. The largest absolute Gasteiger partial charge is 0.357 e. The molecule has 74 valence electrons. The highest BCUT2D eigenvalue weighted by Crippen LogP contribution is 2.30. The van der Waals surface area contributed by atoms with Gasteiger partial charge in [0.05, 0.1) is 5.02 Å². The minimum absolute atomic E-state index is 0.505. The molecule has 0 aliphatic heterocycles. The Morgan fingerprint density at radius 2 is 1.77 bits per heavy atom. The van der Waals surface area contributed by atoms with Crippen molar-refractivity contribution >= 4 is 11.6 Å². The average Bonchev–Trinajstić information content (AvgIpc) is 2.57. The van der Waals surface area contributed by atoms with Crippen LogP contribution in [-0.2, 0) is 20.2 Å². The predicted molar refractivity (Wildman–Crippen MR) is 48.5 cm³/mol. The van der Waals surface area contributed by atoms with Crippen molar-refractivity contribution < 1.29 is 14.2 Å². The number of halogens is 1. The number of aromatic nitrogens is 1. The molecule has 4 nitrogen and oxygen atoms in total. The van der Waals surface area contributed by atoms with Gasteiger partial charge in [-0.1, -0.05) is 11.6 Å². The summed E-state index contributed by atoms with van der Waals surface area (Å²) in [4.78, 5) is 2.89. The molecule has 1 aromatic rings. The van der Waals surface area contributed by atoms with Gasteiger partial charge in [-0.25, -0.2) is 0 Å². The van der Waals surface area contributed by atoms with Crippen LogP contribution in [0.3, 0.4) is 0 Å². The summed E-state index contributed by atoms with van der Waals surface area (Å²) >= 11 is 5.89. The molecule has 1 aromatic heterocycles. The monoisotopic (exact) mass is 205 g/mol. The minimum Gasteiger partial charge on any atom is -0.357 e. The highest BCUT2D eigenvalue weighted by Gasteiger charge is 2.35.